The fraction of sp³-hybridized carbons (Fsp3) is 0.632. The number of ether oxygens (including phenoxy) is 2. The van der Waals surface area contributed by atoms with Crippen molar-refractivity contribution >= 4 is 5.78 Å². The zero-order valence-electron chi connectivity index (χ0n) is 20.8. The first-order chi connectivity index (χ1) is 18.4. The van der Waals surface area contributed by atoms with Crippen LogP contribution in [0.3, 0.4) is 0 Å². The molecule has 0 saturated carbocycles. The Hall–Kier alpha value is -2.31. The number of benzene rings is 1. The molecule has 2 heterocycles. The van der Waals surface area contributed by atoms with Crippen LogP contribution in [0.25, 0.3) is 0 Å². The van der Waals surface area contributed by atoms with Gasteiger partial charge in [0.15, 0.2) is 11.5 Å². The van der Waals surface area contributed by atoms with E-state index in [0.717, 1.165) is 14.2 Å². The summed E-state index contributed by atoms with van der Waals surface area (Å²) in [5, 5.41) is 197. The summed E-state index contributed by atoms with van der Waals surface area (Å²) in [5.41, 5.74) is -19.5. The van der Waals surface area contributed by atoms with E-state index >= 15 is 0 Å². The highest BCUT2D eigenvalue weighted by atomic mass is 16.8. The molecule has 0 bridgehead atoms. The van der Waals surface area contributed by atoms with Crippen molar-refractivity contribution in [1.82, 2.24) is 4.90 Å². The van der Waals surface area contributed by atoms with Gasteiger partial charge in [0.05, 0.1) is 14.2 Å². The highest BCUT2D eigenvalue weighted by molar-refractivity contribution is 5.98. The lowest BCUT2D eigenvalue weighted by atomic mass is 9.63. The summed E-state index contributed by atoms with van der Waals surface area (Å²) in [6.45, 7) is 0. The van der Waals surface area contributed by atoms with Crippen molar-refractivity contribution in [2.75, 3.05) is 14.2 Å². The Bertz CT molecular complexity index is 1280. The van der Waals surface area contributed by atoms with Crippen molar-refractivity contribution in [3.8, 4) is 11.5 Å². The average molecular weight is 621 g/mol. The van der Waals surface area contributed by atoms with Gasteiger partial charge in [0.1, 0.15) is 0 Å². The molecule has 0 aliphatic carbocycles. The summed E-state index contributed by atoms with van der Waals surface area (Å²) in [6, 6.07) is 0.729. The molecule has 23 heteroatoms. The van der Waals surface area contributed by atoms with Gasteiger partial charge in [-0.05, 0) is 12.1 Å². The molecule has 23 nitrogen and oxygen atoms in total. The molecule has 0 radical (unpaired) electrons. The predicted octanol–water partition coefficient (Wildman–Crippen LogP) is -11.8. The van der Waals surface area contributed by atoms with E-state index in [4.69, 9.17) is 9.47 Å². The third kappa shape index (κ3) is 3.37. The van der Waals surface area contributed by atoms with Gasteiger partial charge in [-0.1, -0.05) is 0 Å². The molecule has 2 atom stereocenters. The van der Waals surface area contributed by atoms with Crippen LogP contribution in [-0.2, 0) is 16.3 Å². The number of Topliss-reactive ketones (excluding diaryl/α,β-unsaturated/α-hetero) is 1. The molecule has 1 aromatic carbocycles. The number of methoxy groups -OCH3 is 2. The molecule has 2 aliphatic heterocycles. The maximum absolute atomic E-state index is 13.3. The standard InChI is InChI=1S/C19H27NO22/c1-41-7-3-5-6(4-8(7)42-2)12(24,25)17(33,34)20-11(5,23)13(26,27)9(21)10(22,16(20,31)32)15(29,30)14(28,18(35,36)37)19(38,39)40/h3-4,22-40H,1-2H3. The van der Waals surface area contributed by atoms with E-state index in [1.807, 2.05) is 0 Å². The lowest BCUT2D eigenvalue weighted by molar-refractivity contribution is -0.596. The van der Waals surface area contributed by atoms with Crippen molar-refractivity contribution in [2.45, 2.75) is 58.1 Å². The number of piperidine rings is 1. The number of hydrogen-bond acceptors (Lipinski definition) is 23. The van der Waals surface area contributed by atoms with E-state index < -0.39 is 91.4 Å². The molecule has 0 aromatic heterocycles. The highest BCUT2D eigenvalue weighted by Crippen LogP contribution is 2.62. The van der Waals surface area contributed by atoms with E-state index in [2.05, 4.69) is 0 Å². The van der Waals surface area contributed by atoms with Crippen molar-refractivity contribution in [2.24, 2.45) is 0 Å². The minimum atomic E-state index is -6.10. The van der Waals surface area contributed by atoms with E-state index in [9.17, 15) is 102 Å². The monoisotopic (exact) mass is 621 g/mol. The lowest BCUT2D eigenvalue weighted by Gasteiger charge is -2.67. The second kappa shape index (κ2) is 8.65. The zero-order valence-corrected chi connectivity index (χ0v) is 20.8. The van der Waals surface area contributed by atoms with Gasteiger partial charge < -0.3 is 106 Å². The van der Waals surface area contributed by atoms with Crippen molar-refractivity contribution in [3.63, 3.8) is 0 Å². The second-order valence-corrected chi connectivity index (χ2v) is 9.57. The van der Waals surface area contributed by atoms with Gasteiger partial charge in [-0.15, -0.1) is 0 Å². The molecule has 0 spiro atoms. The molecule has 3 rings (SSSR count). The second-order valence-electron chi connectivity index (χ2n) is 9.57. The van der Waals surface area contributed by atoms with Crippen LogP contribution >= 0.6 is 0 Å². The number of carbonyl (C=O) groups is 1. The summed E-state index contributed by atoms with van der Waals surface area (Å²) in [5.74, 6) is -42.4. The first-order valence-electron chi connectivity index (χ1n) is 10.8. The van der Waals surface area contributed by atoms with Crippen LogP contribution in [0.15, 0.2) is 12.1 Å². The smallest absolute Gasteiger partial charge is 0.320 e. The van der Waals surface area contributed by atoms with Crippen molar-refractivity contribution < 1.29 is 111 Å². The Morgan fingerprint density at radius 1 is 0.619 bits per heavy atom. The summed E-state index contributed by atoms with van der Waals surface area (Å²) in [6.07, 6.45) is 0. The normalized spacial score (nSPS) is 29.0. The average Bonchev–Trinajstić information content (AvgIpc) is 2.82. The lowest BCUT2D eigenvalue weighted by Crippen LogP contribution is -2.98. The van der Waals surface area contributed by atoms with Crippen LogP contribution in [0, 0.1) is 0 Å². The maximum Gasteiger partial charge on any atom is 0.320 e. The van der Waals surface area contributed by atoms with Crippen LogP contribution in [0.1, 0.15) is 11.1 Å². The van der Waals surface area contributed by atoms with Crippen LogP contribution in [-0.4, -0.2) is 168 Å². The fourth-order valence-electron chi connectivity index (χ4n) is 5.00. The number of nitrogens with zero attached hydrogens (tertiary/aromatic N) is 1. The molecule has 2 unspecified atom stereocenters. The molecular formula is C19H27NO22. The summed E-state index contributed by atoms with van der Waals surface area (Å²) < 4.78 is 9.72. The van der Waals surface area contributed by atoms with Gasteiger partial charge in [-0.2, -0.15) is 4.90 Å². The number of rotatable bonds is 6. The van der Waals surface area contributed by atoms with Gasteiger partial charge in [-0.25, -0.2) is 0 Å². The quantitative estimate of drug-likeness (QED) is 0.131. The third-order valence-corrected chi connectivity index (χ3v) is 7.29. The molecule has 2 aliphatic rings. The molecule has 1 saturated heterocycles. The van der Waals surface area contributed by atoms with Crippen molar-refractivity contribution in [1.29, 1.82) is 0 Å². The zero-order chi connectivity index (χ0) is 33.3. The van der Waals surface area contributed by atoms with Gasteiger partial charge in [-0.3, -0.25) is 4.79 Å². The minimum Gasteiger partial charge on any atom is -0.493 e. The summed E-state index contributed by atoms with van der Waals surface area (Å²) in [7, 11) is 1.83. The van der Waals surface area contributed by atoms with Crippen molar-refractivity contribution in [3.05, 3.63) is 23.3 Å². The fourth-order valence-corrected chi connectivity index (χ4v) is 5.00. The molecule has 240 valence electrons. The van der Waals surface area contributed by atoms with Gasteiger partial charge in [0.2, 0.25) is 11.5 Å². The van der Waals surface area contributed by atoms with Gasteiger partial charge >= 0.3 is 11.9 Å². The largest absolute Gasteiger partial charge is 0.493 e. The Labute approximate surface area is 229 Å². The van der Waals surface area contributed by atoms with E-state index in [0.29, 0.717) is 12.1 Å². The maximum atomic E-state index is 13.3. The Kier molecular flexibility index (Phi) is 7.04. The van der Waals surface area contributed by atoms with E-state index in [1.54, 1.807) is 0 Å². The van der Waals surface area contributed by atoms with Gasteiger partial charge in [0.25, 0.3) is 40.4 Å². The number of hydrogen-bond donors (Lipinski definition) is 19. The third-order valence-electron chi connectivity index (χ3n) is 7.29. The number of aliphatic hydroxyl groups is 19. The van der Waals surface area contributed by atoms with Gasteiger partial charge in [0, 0.05) is 11.1 Å². The topological polar surface area (TPSA) is 423 Å². The molecular weight excluding hydrogens is 594 g/mol. The van der Waals surface area contributed by atoms with Crippen LogP contribution < -0.4 is 9.47 Å². The summed E-state index contributed by atoms with van der Waals surface area (Å²) in [4.78, 5) is 11.7. The number of ketones is 1. The van der Waals surface area contributed by atoms with E-state index in [1.165, 1.54) is 0 Å². The molecule has 42 heavy (non-hydrogen) atoms. The molecule has 19 N–H and O–H groups in total. The van der Waals surface area contributed by atoms with Crippen LogP contribution in [0.5, 0.6) is 11.5 Å². The Morgan fingerprint density at radius 2 is 1.00 bits per heavy atom. The summed E-state index contributed by atoms with van der Waals surface area (Å²) >= 11 is 0. The molecule has 0 amide bonds. The first-order valence-corrected chi connectivity index (χ1v) is 10.8. The minimum absolute atomic E-state index is 0.328. The van der Waals surface area contributed by atoms with E-state index in [-0.39, 0.29) is 0 Å². The Balaban J connectivity index is 2.60. The van der Waals surface area contributed by atoms with Crippen LogP contribution in [0.2, 0.25) is 0 Å². The van der Waals surface area contributed by atoms with Crippen LogP contribution in [0.4, 0.5) is 0 Å². The first kappa shape index (κ1) is 34.2. The highest BCUT2D eigenvalue weighted by Gasteiger charge is 2.93. The SMILES string of the molecule is COc1cc2c(cc1OC)C1(O)N(C(O)(O)C2(O)O)C(O)(O)C(O)(C(O)(O)C(O)(C(O)(O)O)C(O)(O)O)C(=O)C1(O)O. The number of carbonyl (C=O) groups excluding carboxylic acids is 1. The molecule has 1 fully saturated rings. The molecule has 1 aromatic rings. The predicted molar refractivity (Wildman–Crippen MR) is 114 cm³/mol. The number of fused-ring (bicyclic) bond motifs is 3. The Morgan fingerprint density at radius 3 is 1.36 bits per heavy atom.